The van der Waals surface area contributed by atoms with Crippen molar-refractivity contribution in [1.29, 1.82) is 0 Å². The highest BCUT2D eigenvalue weighted by Gasteiger charge is 2.57. The summed E-state index contributed by atoms with van der Waals surface area (Å²) >= 11 is 0. The number of esters is 1. The van der Waals surface area contributed by atoms with Gasteiger partial charge in [-0.1, -0.05) is 64.4 Å². The summed E-state index contributed by atoms with van der Waals surface area (Å²) < 4.78 is 18.0. The van der Waals surface area contributed by atoms with Crippen molar-refractivity contribution in [2.24, 2.45) is 11.8 Å². The monoisotopic (exact) mass is 584 g/mol. The van der Waals surface area contributed by atoms with E-state index < -0.39 is 55.8 Å². The highest BCUT2D eigenvalue weighted by atomic mass is 28.4. The van der Waals surface area contributed by atoms with Crippen LogP contribution in [0.15, 0.2) is 36.1 Å². The maximum absolute atomic E-state index is 14.4. The molecular formula is C31H44N2O7Si. The first kappa shape index (κ1) is 31.0. The highest BCUT2D eigenvalue weighted by molar-refractivity contribution is 6.74. The number of nitrogens with zero attached hydrogens (tertiary/aromatic N) is 1. The summed E-state index contributed by atoms with van der Waals surface area (Å²) in [7, 11) is -0.936. The van der Waals surface area contributed by atoms with Crippen molar-refractivity contribution in [3.8, 4) is 0 Å². The molecule has 1 spiro atoms. The van der Waals surface area contributed by atoms with Gasteiger partial charge in [0.05, 0.1) is 36.7 Å². The summed E-state index contributed by atoms with van der Waals surface area (Å²) in [5.41, 5.74) is -0.840. The number of rotatable bonds is 7. The first-order valence-corrected chi connectivity index (χ1v) is 17.5. The Morgan fingerprint density at radius 3 is 2.22 bits per heavy atom. The highest BCUT2D eigenvalue weighted by Crippen LogP contribution is 2.45. The van der Waals surface area contributed by atoms with Crippen LogP contribution in [0.2, 0.25) is 18.1 Å². The van der Waals surface area contributed by atoms with Crippen molar-refractivity contribution >= 4 is 37.6 Å². The van der Waals surface area contributed by atoms with Gasteiger partial charge in [-0.05, 0) is 43.5 Å². The Balaban J connectivity index is 1.70. The molecule has 224 valence electrons. The van der Waals surface area contributed by atoms with Gasteiger partial charge in [-0.3, -0.25) is 14.4 Å². The fourth-order valence-electron chi connectivity index (χ4n) is 5.94. The van der Waals surface area contributed by atoms with E-state index in [4.69, 9.17) is 13.9 Å². The molecule has 4 unspecified atom stereocenters. The second kappa shape index (κ2) is 11.4. The lowest BCUT2D eigenvalue weighted by Crippen LogP contribution is -2.69. The third-order valence-electron chi connectivity index (χ3n) is 9.35. The first-order valence-electron chi connectivity index (χ1n) is 14.6. The van der Waals surface area contributed by atoms with E-state index in [1.807, 2.05) is 6.92 Å². The molecule has 3 aliphatic rings. The van der Waals surface area contributed by atoms with E-state index >= 15 is 0 Å². The number of carbonyl (C=O) groups excluding carboxylic acids is 4. The third kappa shape index (κ3) is 5.60. The molecule has 1 saturated carbocycles. The van der Waals surface area contributed by atoms with Crippen molar-refractivity contribution in [1.82, 2.24) is 10.2 Å². The zero-order valence-corrected chi connectivity index (χ0v) is 26.5. The first-order chi connectivity index (χ1) is 19.1. The number of carbonyl (C=O) groups is 4. The quantitative estimate of drug-likeness (QED) is 0.279. The fourth-order valence-corrected chi connectivity index (χ4v) is 7.37. The third-order valence-corrected chi connectivity index (χ3v) is 13.9. The van der Waals surface area contributed by atoms with Gasteiger partial charge in [-0.2, -0.15) is 0 Å². The Hall–Kier alpha value is -2.98. The Morgan fingerprint density at radius 2 is 1.68 bits per heavy atom. The zero-order chi connectivity index (χ0) is 30.3. The molecule has 41 heavy (non-hydrogen) atoms. The lowest BCUT2D eigenvalue weighted by Gasteiger charge is -2.51. The lowest BCUT2D eigenvalue weighted by atomic mass is 9.77. The molecule has 10 heteroatoms. The molecule has 0 bridgehead atoms. The van der Waals surface area contributed by atoms with E-state index in [9.17, 15) is 19.2 Å². The summed E-state index contributed by atoms with van der Waals surface area (Å²) in [6.45, 7) is 14.3. The van der Waals surface area contributed by atoms with Crippen LogP contribution in [0, 0.1) is 11.8 Å². The number of benzene rings is 1. The van der Waals surface area contributed by atoms with E-state index in [-0.39, 0.29) is 22.3 Å². The van der Waals surface area contributed by atoms with Gasteiger partial charge >= 0.3 is 5.97 Å². The van der Waals surface area contributed by atoms with Gasteiger partial charge in [0.2, 0.25) is 17.6 Å². The molecule has 1 N–H and O–H groups in total. The molecule has 1 saturated heterocycles. The smallest absolute Gasteiger partial charge is 0.374 e. The van der Waals surface area contributed by atoms with E-state index in [0.29, 0.717) is 18.4 Å². The lowest BCUT2D eigenvalue weighted by molar-refractivity contribution is -0.193. The number of nitrogens with one attached hydrogen (secondary N) is 1. The number of β-lactam (4-membered cyclic amide) rings is 1. The van der Waals surface area contributed by atoms with Crippen molar-refractivity contribution in [2.45, 2.75) is 103 Å². The molecule has 4 atom stereocenters. The van der Waals surface area contributed by atoms with Gasteiger partial charge in [0.15, 0.2) is 14.0 Å². The number of imide groups is 1. The van der Waals surface area contributed by atoms with Crippen LogP contribution < -0.4 is 5.32 Å². The zero-order valence-electron chi connectivity index (χ0n) is 25.5. The average Bonchev–Trinajstić information content (AvgIpc) is 2.90. The van der Waals surface area contributed by atoms with Crippen LogP contribution >= 0.6 is 0 Å². The summed E-state index contributed by atoms with van der Waals surface area (Å²) in [6.07, 6.45) is 2.83. The van der Waals surface area contributed by atoms with Crippen LogP contribution in [0.3, 0.4) is 0 Å². The average molecular weight is 585 g/mol. The molecule has 1 aliphatic carbocycles. The minimum Gasteiger partial charge on any atom is -0.463 e. The number of ether oxygens (including phenoxy) is 2. The molecule has 0 aromatic heterocycles. The van der Waals surface area contributed by atoms with Crippen LogP contribution in [0.5, 0.6) is 0 Å². The number of methoxy groups -OCH3 is 1. The molecule has 0 radical (unpaired) electrons. The molecule has 4 rings (SSSR count). The fraction of sp³-hybridized carbons (Fsp3) is 0.613. The molecule has 2 heterocycles. The van der Waals surface area contributed by atoms with Crippen LogP contribution in [0.4, 0.5) is 0 Å². The maximum atomic E-state index is 14.4. The predicted octanol–water partition coefficient (Wildman–Crippen LogP) is 4.78. The Morgan fingerprint density at radius 1 is 1.07 bits per heavy atom. The molecule has 2 fully saturated rings. The second-order valence-electron chi connectivity index (χ2n) is 13.1. The van der Waals surface area contributed by atoms with Gasteiger partial charge in [-0.15, -0.1) is 0 Å². The SMILES string of the molecule is COC(=O)C1=C(c2ccccc2)C(=O)N(C(=O)C(C)C2NC(=O)C2C(C)O[Si](C)(C)C(C)(C)C)C2(CCCCC2)O1. The van der Waals surface area contributed by atoms with Crippen molar-refractivity contribution in [2.75, 3.05) is 7.11 Å². The normalized spacial score (nSPS) is 24.2. The summed E-state index contributed by atoms with van der Waals surface area (Å²) in [6, 6.07) is 8.20. The van der Waals surface area contributed by atoms with Gasteiger partial charge in [0.25, 0.3) is 5.91 Å². The van der Waals surface area contributed by atoms with Crippen LogP contribution in [-0.2, 0) is 33.1 Å². The van der Waals surface area contributed by atoms with Crippen LogP contribution in [0.25, 0.3) is 5.57 Å². The number of hydrogen-bond donors (Lipinski definition) is 1. The predicted molar refractivity (Wildman–Crippen MR) is 156 cm³/mol. The summed E-state index contributed by atoms with van der Waals surface area (Å²) in [4.78, 5) is 55.7. The molecule has 3 amide bonds. The van der Waals surface area contributed by atoms with Crippen LogP contribution in [-0.4, -0.2) is 61.9 Å². The maximum Gasteiger partial charge on any atom is 0.374 e. The Kier molecular flexibility index (Phi) is 8.58. The van der Waals surface area contributed by atoms with Gasteiger partial charge in [0.1, 0.15) is 0 Å². The van der Waals surface area contributed by atoms with E-state index in [1.165, 1.54) is 12.0 Å². The van der Waals surface area contributed by atoms with E-state index in [2.05, 4.69) is 39.2 Å². The van der Waals surface area contributed by atoms with Gasteiger partial charge in [0, 0.05) is 12.8 Å². The topological polar surface area (TPSA) is 111 Å². The van der Waals surface area contributed by atoms with E-state index in [1.54, 1.807) is 37.3 Å². The molecular weight excluding hydrogens is 540 g/mol. The number of hydrogen-bond acceptors (Lipinski definition) is 7. The van der Waals surface area contributed by atoms with Gasteiger partial charge < -0.3 is 19.2 Å². The Labute approximate surface area is 244 Å². The minimum atomic E-state index is -2.18. The van der Waals surface area contributed by atoms with Gasteiger partial charge in [-0.25, -0.2) is 9.69 Å². The van der Waals surface area contributed by atoms with Crippen molar-refractivity contribution in [3.63, 3.8) is 0 Å². The molecule has 9 nitrogen and oxygen atoms in total. The summed E-state index contributed by atoms with van der Waals surface area (Å²) in [5, 5.41) is 2.87. The Bertz CT molecular complexity index is 1230. The van der Waals surface area contributed by atoms with E-state index in [0.717, 1.165) is 19.3 Å². The number of amides is 3. The second-order valence-corrected chi connectivity index (χ2v) is 17.8. The molecule has 1 aromatic carbocycles. The largest absolute Gasteiger partial charge is 0.463 e. The standard InChI is InChI=1S/C31H44N2O7Si/c1-19(24-22(26(34)32-24)20(2)40-41(7,8)30(3,4)5)27(35)33-28(36)23(21-15-11-9-12-16-21)25(29(37)38-6)39-31(33)17-13-10-14-18-31/h9,11-12,15-16,19-20,22,24H,10,13-14,17-18H2,1-8H3,(H,32,34). The molecule has 1 aromatic rings. The summed E-state index contributed by atoms with van der Waals surface area (Å²) in [5.74, 6) is -3.38. The van der Waals surface area contributed by atoms with Crippen molar-refractivity contribution < 1.29 is 33.1 Å². The van der Waals surface area contributed by atoms with Crippen LogP contribution in [0.1, 0.15) is 72.3 Å². The minimum absolute atomic E-state index is 0.00183. The van der Waals surface area contributed by atoms with Crippen molar-refractivity contribution in [3.05, 3.63) is 41.7 Å². The molecule has 2 aliphatic heterocycles.